The number of hydrogen-bond donors (Lipinski definition) is 1. The Kier molecular flexibility index (Phi) is 7.18. The van der Waals surface area contributed by atoms with Gasteiger partial charge in [0.15, 0.2) is 0 Å². The summed E-state index contributed by atoms with van der Waals surface area (Å²) in [6.45, 7) is 3.63. The Labute approximate surface area is 147 Å². The fourth-order valence-electron chi connectivity index (χ4n) is 2.61. The van der Waals surface area contributed by atoms with E-state index in [0.29, 0.717) is 43.5 Å². The van der Waals surface area contributed by atoms with E-state index < -0.39 is 6.09 Å². The van der Waals surface area contributed by atoms with E-state index in [4.69, 9.17) is 21.1 Å². The molecule has 2 rings (SSSR count). The number of carbonyl (C=O) groups is 2. The molecule has 1 aromatic carbocycles. The van der Waals surface area contributed by atoms with Crippen molar-refractivity contribution in [2.24, 2.45) is 0 Å². The van der Waals surface area contributed by atoms with Gasteiger partial charge in [0.2, 0.25) is 5.91 Å². The second-order valence-corrected chi connectivity index (χ2v) is 6.03. The number of hydrogen-bond acceptors (Lipinski definition) is 4. The normalized spacial score (nSPS) is 17.2. The van der Waals surface area contributed by atoms with Crippen molar-refractivity contribution in [1.29, 1.82) is 0 Å². The topological polar surface area (TPSA) is 67.9 Å². The monoisotopic (exact) mass is 354 g/mol. The van der Waals surface area contributed by atoms with Crippen LogP contribution in [0.4, 0.5) is 4.79 Å². The highest BCUT2D eigenvalue weighted by atomic mass is 35.5. The van der Waals surface area contributed by atoms with Gasteiger partial charge in [-0.2, -0.15) is 0 Å². The number of nitrogens with zero attached hydrogens (tertiary/aromatic N) is 1. The van der Waals surface area contributed by atoms with E-state index >= 15 is 0 Å². The average Bonchev–Trinajstić information content (AvgIpc) is 2.57. The van der Waals surface area contributed by atoms with Gasteiger partial charge >= 0.3 is 6.09 Å². The summed E-state index contributed by atoms with van der Waals surface area (Å²) >= 11 is 5.81. The molecule has 0 aromatic heterocycles. The highest BCUT2D eigenvalue weighted by Gasteiger charge is 2.24. The van der Waals surface area contributed by atoms with Crippen LogP contribution in [0.5, 0.6) is 5.75 Å². The SMILES string of the molecule is CCOC(=O)N[C@@H]1CCCN(C(=O)CCOc2ccc(Cl)cc2)C1. The van der Waals surface area contributed by atoms with Crippen LogP contribution in [0.15, 0.2) is 24.3 Å². The highest BCUT2D eigenvalue weighted by Crippen LogP contribution is 2.16. The van der Waals surface area contributed by atoms with Crippen molar-refractivity contribution in [3.8, 4) is 5.75 Å². The van der Waals surface area contributed by atoms with Gasteiger partial charge in [0.25, 0.3) is 0 Å². The van der Waals surface area contributed by atoms with Gasteiger partial charge in [-0.25, -0.2) is 4.79 Å². The minimum absolute atomic E-state index is 0.0272. The van der Waals surface area contributed by atoms with Gasteiger partial charge in [-0.05, 0) is 44.0 Å². The van der Waals surface area contributed by atoms with Gasteiger partial charge in [-0.1, -0.05) is 11.6 Å². The van der Waals surface area contributed by atoms with Gasteiger partial charge in [-0.15, -0.1) is 0 Å². The lowest BCUT2D eigenvalue weighted by atomic mass is 10.1. The molecule has 0 spiro atoms. The number of likely N-dealkylation sites (tertiary alicyclic amines) is 1. The minimum Gasteiger partial charge on any atom is -0.493 e. The van der Waals surface area contributed by atoms with E-state index in [1.807, 2.05) is 0 Å². The molecule has 0 saturated carbocycles. The van der Waals surface area contributed by atoms with Gasteiger partial charge in [0, 0.05) is 24.2 Å². The Balaban J connectivity index is 1.73. The summed E-state index contributed by atoms with van der Waals surface area (Å²) in [6, 6.07) is 6.98. The summed E-state index contributed by atoms with van der Waals surface area (Å²) in [6.07, 6.45) is 1.59. The predicted octanol–water partition coefficient (Wildman–Crippen LogP) is 2.85. The number of halogens is 1. The number of amides is 2. The molecule has 0 aliphatic carbocycles. The molecule has 1 atom stereocenters. The smallest absolute Gasteiger partial charge is 0.407 e. The van der Waals surface area contributed by atoms with E-state index in [2.05, 4.69) is 5.32 Å². The van der Waals surface area contributed by atoms with Crippen LogP contribution in [-0.4, -0.2) is 49.2 Å². The van der Waals surface area contributed by atoms with Gasteiger partial charge in [0.05, 0.1) is 19.6 Å². The van der Waals surface area contributed by atoms with E-state index in [0.717, 1.165) is 12.8 Å². The molecule has 6 nitrogen and oxygen atoms in total. The van der Waals surface area contributed by atoms with Crippen molar-refractivity contribution in [2.45, 2.75) is 32.2 Å². The highest BCUT2D eigenvalue weighted by molar-refractivity contribution is 6.30. The molecule has 24 heavy (non-hydrogen) atoms. The molecule has 1 fully saturated rings. The van der Waals surface area contributed by atoms with Crippen LogP contribution < -0.4 is 10.1 Å². The summed E-state index contributed by atoms with van der Waals surface area (Å²) in [5, 5.41) is 3.44. The lowest BCUT2D eigenvalue weighted by molar-refractivity contribution is -0.133. The molecule has 2 amide bonds. The third-order valence-electron chi connectivity index (χ3n) is 3.77. The molecule has 1 heterocycles. The molecule has 0 unspecified atom stereocenters. The molecule has 132 valence electrons. The van der Waals surface area contributed by atoms with E-state index in [1.165, 1.54) is 0 Å². The first kappa shape index (κ1) is 18.4. The maximum atomic E-state index is 12.3. The maximum Gasteiger partial charge on any atom is 0.407 e. The lowest BCUT2D eigenvalue weighted by Gasteiger charge is -2.33. The largest absolute Gasteiger partial charge is 0.493 e. The Morgan fingerprint density at radius 2 is 2.08 bits per heavy atom. The molecule has 1 aromatic rings. The summed E-state index contributed by atoms with van der Waals surface area (Å²) in [5.74, 6) is 0.715. The average molecular weight is 355 g/mol. The van der Waals surface area contributed by atoms with Crippen LogP contribution >= 0.6 is 11.6 Å². The van der Waals surface area contributed by atoms with Crippen molar-refractivity contribution < 1.29 is 19.1 Å². The van der Waals surface area contributed by atoms with Crippen molar-refractivity contribution >= 4 is 23.6 Å². The van der Waals surface area contributed by atoms with E-state index in [-0.39, 0.29) is 11.9 Å². The Morgan fingerprint density at radius 3 is 2.79 bits per heavy atom. The molecule has 1 aliphatic heterocycles. The van der Waals surface area contributed by atoms with Crippen LogP contribution in [0.25, 0.3) is 0 Å². The quantitative estimate of drug-likeness (QED) is 0.853. The fraction of sp³-hybridized carbons (Fsp3) is 0.529. The van der Waals surface area contributed by atoms with Crippen molar-refractivity contribution in [3.63, 3.8) is 0 Å². The van der Waals surface area contributed by atoms with Crippen LogP contribution in [-0.2, 0) is 9.53 Å². The van der Waals surface area contributed by atoms with Crippen molar-refractivity contribution in [1.82, 2.24) is 10.2 Å². The third-order valence-corrected chi connectivity index (χ3v) is 4.02. The molecule has 1 aliphatic rings. The number of alkyl carbamates (subject to hydrolysis) is 1. The zero-order valence-electron chi connectivity index (χ0n) is 13.8. The summed E-state index contributed by atoms with van der Waals surface area (Å²) < 4.78 is 10.4. The minimum atomic E-state index is -0.428. The van der Waals surface area contributed by atoms with Crippen LogP contribution in [0.2, 0.25) is 5.02 Å². The van der Waals surface area contributed by atoms with Gasteiger partial charge in [0.1, 0.15) is 5.75 Å². The first-order chi connectivity index (χ1) is 11.6. The zero-order valence-corrected chi connectivity index (χ0v) is 14.6. The molecule has 1 saturated heterocycles. The number of piperidine rings is 1. The first-order valence-corrected chi connectivity index (χ1v) is 8.55. The van der Waals surface area contributed by atoms with Crippen LogP contribution in [0.1, 0.15) is 26.2 Å². The number of ether oxygens (including phenoxy) is 2. The fourth-order valence-corrected chi connectivity index (χ4v) is 2.73. The number of rotatable bonds is 6. The zero-order chi connectivity index (χ0) is 17.4. The third kappa shape index (κ3) is 5.92. The van der Waals surface area contributed by atoms with Crippen molar-refractivity contribution in [3.05, 3.63) is 29.3 Å². The summed E-state index contributed by atoms with van der Waals surface area (Å²) in [5.41, 5.74) is 0. The summed E-state index contributed by atoms with van der Waals surface area (Å²) in [7, 11) is 0. The standard InChI is InChI=1S/C17H23ClN2O4/c1-2-23-17(22)19-14-4-3-10-20(12-14)16(21)9-11-24-15-7-5-13(18)6-8-15/h5-8,14H,2-4,9-12H2,1H3,(H,19,22)/t14-/m1/s1. The van der Waals surface area contributed by atoms with Gasteiger partial charge < -0.3 is 19.7 Å². The molecular weight excluding hydrogens is 332 g/mol. The Bertz CT molecular complexity index is 550. The molecule has 0 radical (unpaired) electrons. The number of nitrogens with one attached hydrogen (secondary N) is 1. The maximum absolute atomic E-state index is 12.3. The molecule has 0 bridgehead atoms. The second-order valence-electron chi connectivity index (χ2n) is 5.60. The lowest BCUT2D eigenvalue weighted by Crippen LogP contribution is -2.49. The number of benzene rings is 1. The van der Waals surface area contributed by atoms with Crippen molar-refractivity contribution in [2.75, 3.05) is 26.3 Å². The van der Waals surface area contributed by atoms with Gasteiger partial charge in [-0.3, -0.25) is 4.79 Å². The van der Waals surface area contributed by atoms with E-state index in [9.17, 15) is 9.59 Å². The second kappa shape index (κ2) is 9.37. The van der Waals surface area contributed by atoms with Crippen LogP contribution in [0, 0.1) is 0 Å². The van der Waals surface area contributed by atoms with Crippen LogP contribution in [0.3, 0.4) is 0 Å². The predicted molar refractivity (Wildman–Crippen MR) is 91.3 cm³/mol. The molecular formula is C17H23ClN2O4. The first-order valence-electron chi connectivity index (χ1n) is 8.18. The summed E-state index contributed by atoms with van der Waals surface area (Å²) in [4.78, 5) is 25.5. The molecule has 7 heteroatoms. The number of carbonyl (C=O) groups excluding carboxylic acids is 2. The Hall–Kier alpha value is -1.95. The van der Waals surface area contributed by atoms with E-state index in [1.54, 1.807) is 36.1 Å². The molecule has 1 N–H and O–H groups in total. The Morgan fingerprint density at radius 1 is 1.33 bits per heavy atom.